The predicted molar refractivity (Wildman–Crippen MR) is 90.5 cm³/mol. The quantitative estimate of drug-likeness (QED) is 0.626. The molecule has 0 saturated carbocycles. The monoisotopic (exact) mass is 401 g/mol. The van der Waals surface area contributed by atoms with Crippen LogP contribution in [0.15, 0.2) is 40.1 Å². The number of sulfonamides is 2. The third-order valence-corrected chi connectivity index (χ3v) is 5.42. The predicted octanol–water partition coefficient (Wildman–Crippen LogP) is -0.0486. The number of carbonyl (C=O) groups is 1. The number of nitrogens with zero attached hydrogens (tertiary/aromatic N) is 2. The van der Waals surface area contributed by atoms with E-state index in [1.807, 2.05) is 0 Å². The molecule has 11 nitrogen and oxygen atoms in total. The van der Waals surface area contributed by atoms with Crippen LogP contribution in [0.5, 0.6) is 5.88 Å². The summed E-state index contributed by atoms with van der Waals surface area (Å²) in [7, 11) is -7.48. The third kappa shape index (κ3) is 4.65. The van der Waals surface area contributed by atoms with Crippen LogP contribution in [0, 0.1) is 6.92 Å². The van der Waals surface area contributed by atoms with Gasteiger partial charge in [0, 0.05) is 11.8 Å². The maximum atomic E-state index is 12.3. The smallest absolute Gasteiger partial charge is 0.335 e. The molecule has 4 N–H and O–H groups in total. The minimum atomic E-state index is -4.53. The van der Waals surface area contributed by atoms with E-state index in [0.29, 0.717) is 5.69 Å². The summed E-state index contributed by atoms with van der Waals surface area (Å²) in [5.74, 6) is -0.0375. The summed E-state index contributed by atoms with van der Waals surface area (Å²) in [5.41, 5.74) is 0.467. The molecule has 2 amide bonds. The molecule has 0 saturated heterocycles. The van der Waals surface area contributed by atoms with Gasteiger partial charge in [-0.05, 0) is 19.1 Å². The number of nitrogens with one attached hydrogen (secondary N) is 2. The Morgan fingerprint density at radius 3 is 2.31 bits per heavy atom. The van der Waals surface area contributed by atoms with Gasteiger partial charge in [-0.3, -0.25) is 5.32 Å². The third-order valence-electron chi connectivity index (χ3n) is 2.94. The van der Waals surface area contributed by atoms with Crippen molar-refractivity contribution in [2.45, 2.75) is 16.7 Å². The Bertz CT molecular complexity index is 1050. The molecule has 0 aliphatic carbocycles. The van der Waals surface area contributed by atoms with Gasteiger partial charge >= 0.3 is 6.03 Å². The molecule has 2 rings (SSSR count). The largest absolute Gasteiger partial charge is 0.481 e. The van der Waals surface area contributed by atoms with E-state index in [1.54, 1.807) is 11.6 Å². The standard InChI is InChI=1S/C13H15N5O6S2/c1-8-7-11(24-2)16-12(15-8)17-13(19)18-26(22,23)10-6-4-3-5-9(10)25(14,20)21/h3-7H,1-2H3,(H2,14,20,21)(H2,15,16,17,18,19). The van der Waals surface area contributed by atoms with Crippen molar-refractivity contribution in [3.8, 4) is 5.88 Å². The zero-order valence-corrected chi connectivity index (χ0v) is 15.3. The number of methoxy groups -OCH3 is 1. The molecule has 0 radical (unpaired) electrons. The van der Waals surface area contributed by atoms with Crippen molar-refractivity contribution >= 4 is 32.0 Å². The maximum absolute atomic E-state index is 12.3. The van der Waals surface area contributed by atoms with Crippen molar-refractivity contribution in [2.75, 3.05) is 12.4 Å². The SMILES string of the molecule is COc1cc(C)nc(NC(=O)NS(=O)(=O)c2ccccc2S(N)(=O)=O)n1. The van der Waals surface area contributed by atoms with Crippen molar-refractivity contribution in [3.63, 3.8) is 0 Å². The van der Waals surface area contributed by atoms with Gasteiger partial charge in [0.1, 0.15) is 9.79 Å². The summed E-state index contributed by atoms with van der Waals surface area (Å²) in [5, 5.41) is 7.13. The number of hydrogen-bond donors (Lipinski definition) is 3. The average molecular weight is 401 g/mol. The number of nitrogens with two attached hydrogens (primary N) is 1. The number of aryl methyl sites for hydroxylation is 1. The Morgan fingerprint density at radius 1 is 1.12 bits per heavy atom. The lowest BCUT2D eigenvalue weighted by Crippen LogP contribution is -2.35. The Labute approximate surface area is 149 Å². The van der Waals surface area contributed by atoms with Gasteiger partial charge in [-0.1, -0.05) is 12.1 Å². The highest BCUT2D eigenvalue weighted by Crippen LogP contribution is 2.19. The second kappa shape index (κ2) is 7.23. The van der Waals surface area contributed by atoms with Gasteiger partial charge < -0.3 is 4.74 Å². The topological polar surface area (TPSA) is 170 Å². The van der Waals surface area contributed by atoms with E-state index >= 15 is 0 Å². The van der Waals surface area contributed by atoms with Crippen LogP contribution in [0.4, 0.5) is 10.7 Å². The van der Waals surface area contributed by atoms with Gasteiger partial charge in [0.05, 0.1) is 7.11 Å². The zero-order chi connectivity index (χ0) is 19.5. The van der Waals surface area contributed by atoms with Gasteiger partial charge in [-0.25, -0.2) is 36.5 Å². The Kier molecular flexibility index (Phi) is 5.44. The molecular formula is C13H15N5O6S2. The molecule has 26 heavy (non-hydrogen) atoms. The van der Waals surface area contributed by atoms with Crippen molar-refractivity contribution in [1.29, 1.82) is 0 Å². The molecule has 0 atom stereocenters. The first kappa shape index (κ1) is 19.6. The van der Waals surface area contributed by atoms with Crippen molar-refractivity contribution in [1.82, 2.24) is 14.7 Å². The molecule has 0 aliphatic rings. The lowest BCUT2D eigenvalue weighted by Gasteiger charge is -2.11. The number of anilines is 1. The molecule has 140 valence electrons. The molecule has 0 unspecified atom stereocenters. The van der Waals surface area contributed by atoms with Crippen LogP contribution in [-0.4, -0.2) is 39.9 Å². The lowest BCUT2D eigenvalue weighted by molar-refractivity contribution is 0.256. The highest BCUT2D eigenvalue weighted by atomic mass is 32.2. The zero-order valence-electron chi connectivity index (χ0n) is 13.6. The van der Waals surface area contributed by atoms with Crippen LogP contribution in [0.1, 0.15) is 5.69 Å². The number of hydrogen-bond acceptors (Lipinski definition) is 8. The van der Waals surface area contributed by atoms with Crippen LogP contribution < -0.4 is 19.9 Å². The molecule has 13 heteroatoms. The van der Waals surface area contributed by atoms with Crippen molar-refractivity contribution < 1.29 is 26.4 Å². The highest BCUT2D eigenvalue weighted by Gasteiger charge is 2.26. The Hall–Kier alpha value is -2.77. The van der Waals surface area contributed by atoms with Gasteiger partial charge in [0.15, 0.2) is 0 Å². The van der Waals surface area contributed by atoms with E-state index in [2.05, 4.69) is 15.3 Å². The number of rotatable bonds is 5. The molecule has 0 aliphatic heterocycles. The van der Waals surface area contributed by atoms with Gasteiger partial charge in [-0.2, -0.15) is 4.98 Å². The molecule has 0 bridgehead atoms. The van der Waals surface area contributed by atoms with Gasteiger partial charge in [0.2, 0.25) is 21.9 Å². The van der Waals surface area contributed by atoms with Crippen LogP contribution in [0.3, 0.4) is 0 Å². The second-order valence-electron chi connectivity index (χ2n) is 4.93. The van der Waals surface area contributed by atoms with Crippen molar-refractivity contribution in [2.24, 2.45) is 5.14 Å². The Balaban J connectivity index is 2.28. The van der Waals surface area contributed by atoms with E-state index in [4.69, 9.17) is 9.88 Å². The molecule has 0 fully saturated rings. The molecule has 1 heterocycles. The molecule has 1 aromatic heterocycles. The number of primary sulfonamides is 1. The molecule has 2 aromatic rings. The highest BCUT2D eigenvalue weighted by molar-refractivity contribution is 7.92. The minimum Gasteiger partial charge on any atom is -0.481 e. The summed E-state index contributed by atoms with van der Waals surface area (Å²) >= 11 is 0. The van der Waals surface area contributed by atoms with Gasteiger partial charge in [0.25, 0.3) is 10.0 Å². The summed E-state index contributed by atoms with van der Waals surface area (Å²) in [4.78, 5) is 18.4. The number of urea groups is 1. The summed E-state index contributed by atoms with van der Waals surface area (Å²) < 4.78 is 54.3. The number of ether oxygens (including phenoxy) is 1. The van der Waals surface area contributed by atoms with Crippen LogP contribution in [0.2, 0.25) is 0 Å². The summed E-state index contributed by atoms with van der Waals surface area (Å²) in [6.07, 6.45) is 0. The molecule has 1 aromatic carbocycles. The fourth-order valence-corrected chi connectivity index (χ4v) is 4.20. The minimum absolute atomic E-state index is 0.162. The van der Waals surface area contributed by atoms with Crippen LogP contribution in [0.25, 0.3) is 0 Å². The maximum Gasteiger partial charge on any atom is 0.335 e. The van der Waals surface area contributed by atoms with E-state index < -0.39 is 35.9 Å². The molecule has 0 spiro atoms. The molecular weight excluding hydrogens is 386 g/mol. The lowest BCUT2D eigenvalue weighted by atomic mass is 10.4. The van der Waals surface area contributed by atoms with Crippen molar-refractivity contribution in [3.05, 3.63) is 36.0 Å². The number of carbonyl (C=O) groups excluding carboxylic acids is 1. The first-order valence-corrected chi connectivity index (χ1v) is 9.91. The second-order valence-corrected chi connectivity index (χ2v) is 8.11. The fourth-order valence-electron chi connectivity index (χ4n) is 1.91. The average Bonchev–Trinajstić information content (AvgIpc) is 2.52. The first-order valence-electron chi connectivity index (χ1n) is 6.88. The number of aromatic nitrogens is 2. The number of benzene rings is 1. The summed E-state index contributed by atoms with van der Waals surface area (Å²) in [6, 6.07) is 4.91. The fraction of sp³-hybridized carbons (Fsp3) is 0.154. The Morgan fingerprint density at radius 2 is 1.73 bits per heavy atom. The number of amides is 2. The van der Waals surface area contributed by atoms with E-state index in [9.17, 15) is 21.6 Å². The van der Waals surface area contributed by atoms with Crippen LogP contribution >= 0.6 is 0 Å². The van der Waals surface area contributed by atoms with Crippen LogP contribution in [-0.2, 0) is 20.0 Å². The first-order chi connectivity index (χ1) is 12.0. The van der Waals surface area contributed by atoms with E-state index in [0.717, 1.165) is 12.1 Å². The van der Waals surface area contributed by atoms with Gasteiger partial charge in [-0.15, -0.1) is 0 Å². The van der Waals surface area contributed by atoms with E-state index in [-0.39, 0.29) is 11.8 Å². The normalized spacial score (nSPS) is 11.7. The van der Waals surface area contributed by atoms with E-state index in [1.165, 1.54) is 25.3 Å². The summed E-state index contributed by atoms with van der Waals surface area (Å²) in [6.45, 7) is 1.62.